The zero-order chi connectivity index (χ0) is 13.9. The Kier molecular flexibility index (Phi) is 3.48. The highest BCUT2D eigenvalue weighted by molar-refractivity contribution is 9.10. The number of anilines is 1. The minimum Gasteiger partial charge on any atom is -0.322 e. The van der Waals surface area contributed by atoms with Crippen LogP contribution < -0.4 is 5.32 Å². The predicted octanol–water partition coefficient (Wildman–Crippen LogP) is 4.25. The van der Waals surface area contributed by atoms with Crippen LogP contribution in [-0.4, -0.2) is 10.9 Å². The van der Waals surface area contributed by atoms with E-state index in [0.29, 0.717) is 10.2 Å². The molecular formula is C16H11BrN2O. The lowest BCUT2D eigenvalue weighted by molar-refractivity contribution is 0.102. The molecule has 0 aliphatic rings. The molecule has 0 aliphatic carbocycles. The second kappa shape index (κ2) is 5.43. The van der Waals surface area contributed by atoms with Crippen LogP contribution in [0.3, 0.4) is 0 Å². The highest BCUT2D eigenvalue weighted by Crippen LogP contribution is 2.22. The van der Waals surface area contributed by atoms with Crippen LogP contribution in [0.1, 0.15) is 10.4 Å². The lowest BCUT2D eigenvalue weighted by atomic mass is 10.1. The van der Waals surface area contributed by atoms with E-state index < -0.39 is 0 Å². The van der Waals surface area contributed by atoms with E-state index in [4.69, 9.17) is 0 Å². The number of amides is 1. The zero-order valence-corrected chi connectivity index (χ0v) is 12.1. The summed E-state index contributed by atoms with van der Waals surface area (Å²) < 4.78 is 0.648. The maximum atomic E-state index is 12.4. The number of nitrogens with zero attached hydrogens (tertiary/aromatic N) is 1. The van der Waals surface area contributed by atoms with Gasteiger partial charge in [-0.25, -0.2) is 4.98 Å². The van der Waals surface area contributed by atoms with Crippen LogP contribution in [0.25, 0.3) is 10.9 Å². The number of aromatic nitrogens is 1. The molecular weight excluding hydrogens is 316 g/mol. The molecule has 0 radical (unpaired) electrons. The fourth-order valence-electron chi connectivity index (χ4n) is 2.05. The number of carbonyl (C=O) groups is 1. The van der Waals surface area contributed by atoms with E-state index in [9.17, 15) is 4.79 Å². The summed E-state index contributed by atoms with van der Waals surface area (Å²) in [5, 5.41) is 3.73. The molecule has 0 fully saturated rings. The molecule has 0 saturated carbocycles. The third-order valence-corrected chi connectivity index (χ3v) is 3.37. The van der Waals surface area contributed by atoms with Gasteiger partial charge in [-0.1, -0.05) is 36.4 Å². The molecule has 4 heteroatoms. The maximum absolute atomic E-state index is 12.4. The Morgan fingerprint density at radius 3 is 2.50 bits per heavy atom. The minimum atomic E-state index is -0.143. The van der Waals surface area contributed by atoms with Crippen molar-refractivity contribution in [3.05, 3.63) is 70.8 Å². The molecule has 1 aromatic heterocycles. The third kappa shape index (κ3) is 2.56. The first-order valence-corrected chi connectivity index (χ1v) is 6.95. The van der Waals surface area contributed by atoms with Crippen molar-refractivity contribution in [3.63, 3.8) is 0 Å². The summed E-state index contributed by atoms with van der Waals surface area (Å²) in [4.78, 5) is 16.8. The Morgan fingerprint density at radius 2 is 1.70 bits per heavy atom. The van der Waals surface area contributed by atoms with Gasteiger partial charge >= 0.3 is 0 Å². The molecule has 0 spiro atoms. The van der Waals surface area contributed by atoms with Crippen molar-refractivity contribution in [1.82, 2.24) is 4.98 Å². The first-order chi connectivity index (χ1) is 9.74. The van der Waals surface area contributed by atoms with Crippen molar-refractivity contribution >= 4 is 38.4 Å². The number of halogens is 1. The highest BCUT2D eigenvalue weighted by Gasteiger charge is 2.12. The monoisotopic (exact) mass is 326 g/mol. The number of benzene rings is 2. The first kappa shape index (κ1) is 12.8. The van der Waals surface area contributed by atoms with Crippen molar-refractivity contribution in [1.29, 1.82) is 0 Å². The molecule has 3 nitrogen and oxygen atoms in total. The van der Waals surface area contributed by atoms with Gasteiger partial charge in [0.05, 0.1) is 11.1 Å². The van der Waals surface area contributed by atoms with Crippen molar-refractivity contribution in [2.24, 2.45) is 0 Å². The lowest BCUT2D eigenvalue weighted by Crippen LogP contribution is -2.12. The van der Waals surface area contributed by atoms with Gasteiger partial charge in [-0.15, -0.1) is 0 Å². The normalized spacial score (nSPS) is 10.4. The quantitative estimate of drug-likeness (QED) is 0.715. The van der Waals surface area contributed by atoms with Gasteiger partial charge in [-0.05, 0) is 40.2 Å². The van der Waals surface area contributed by atoms with Crippen molar-refractivity contribution in [3.8, 4) is 0 Å². The fraction of sp³-hybridized carbons (Fsp3) is 0. The molecule has 20 heavy (non-hydrogen) atoms. The SMILES string of the molecule is O=C(Nc1ccccc1)c1cc(Br)nc2ccccc12. The van der Waals surface area contributed by atoms with Gasteiger partial charge in [0.2, 0.25) is 0 Å². The highest BCUT2D eigenvalue weighted by atomic mass is 79.9. The van der Waals surface area contributed by atoms with Crippen LogP contribution >= 0.6 is 15.9 Å². The lowest BCUT2D eigenvalue weighted by Gasteiger charge is -2.08. The molecule has 3 aromatic rings. The second-order valence-corrected chi connectivity index (χ2v) is 5.14. The van der Waals surface area contributed by atoms with Gasteiger partial charge in [0, 0.05) is 11.1 Å². The summed E-state index contributed by atoms with van der Waals surface area (Å²) in [7, 11) is 0. The Morgan fingerprint density at radius 1 is 1.00 bits per heavy atom. The van der Waals surface area contributed by atoms with Crippen molar-refractivity contribution in [2.75, 3.05) is 5.32 Å². The zero-order valence-electron chi connectivity index (χ0n) is 10.5. The van der Waals surface area contributed by atoms with E-state index >= 15 is 0 Å². The molecule has 1 N–H and O–H groups in total. The molecule has 0 bridgehead atoms. The van der Waals surface area contributed by atoms with Gasteiger partial charge < -0.3 is 5.32 Å². The maximum Gasteiger partial charge on any atom is 0.256 e. The van der Waals surface area contributed by atoms with Crippen LogP contribution in [-0.2, 0) is 0 Å². The van der Waals surface area contributed by atoms with Crippen LogP contribution in [0, 0.1) is 0 Å². The van der Waals surface area contributed by atoms with Gasteiger partial charge in [0.25, 0.3) is 5.91 Å². The van der Waals surface area contributed by atoms with Gasteiger partial charge in [-0.2, -0.15) is 0 Å². The summed E-state index contributed by atoms with van der Waals surface area (Å²) in [6, 6.07) is 18.7. The van der Waals surface area contributed by atoms with Crippen molar-refractivity contribution < 1.29 is 4.79 Å². The van der Waals surface area contributed by atoms with E-state index in [1.165, 1.54) is 0 Å². The van der Waals surface area contributed by atoms with Crippen molar-refractivity contribution in [2.45, 2.75) is 0 Å². The summed E-state index contributed by atoms with van der Waals surface area (Å²) in [6.45, 7) is 0. The standard InChI is InChI=1S/C16H11BrN2O/c17-15-10-13(12-8-4-5-9-14(12)19-15)16(20)18-11-6-2-1-3-7-11/h1-10H,(H,18,20). The summed E-state index contributed by atoms with van der Waals surface area (Å²) in [5.74, 6) is -0.143. The molecule has 0 atom stereocenters. The van der Waals surface area contributed by atoms with E-state index in [0.717, 1.165) is 16.6 Å². The molecule has 2 aromatic carbocycles. The first-order valence-electron chi connectivity index (χ1n) is 6.16. The smallest absolute Gasteiger partial charge is 0.256 e. The number of para-hydroxylation sites is 2. The summed E-state index contributed by atoms with van der Waals surface area (Å²) in [6.07, 6.45) is 0. The topological polar surface area (TPSA) is 42.0 Å². The summed E-state index contributed by atoms with van der Waals surface area (Å²) >= 11 is 3.35. The molecule has 98 valence electrons. The van der Waals surface area contributed by atoms with E-state index in [1.807, 2.05) is 54.6 Å². The van der Waals surface area contributed by atoms with Crippen LogP contribution in [0.15, 0.2) is 65.3 Å². The van der Waals surface area contributed by atoms with Crippen LogP contribution in [0.2, 0.25) is 0 Å². The molecule has 1 heterocycles. The van der Waals surface area contributed by atoms with Crippen LogP contribution in [0.4, 0.5) is 5.69 Å². The number of fused-ring (bicyclic) bond motifs is 1. The number of pyridine rings is 1. The van der Waals surface area contributed by atoms with E-state index in [2.05, 4.69) is 26.2 Å². The number of hydrogen-bond acceptors (Lipinski definition) is 2. The van der Waals surface area contributed by atoms with Gasteiger partial charge in [-0.3, -0.25) is 4.79 Å². The number of nitrogens with one attached hydrogen (secondary N) is 1. The molecule has 1 amide bonds. The Labute approximate surface area is 124 Å². The number of carbonyl (C=O) groups excluding carboxylic acids is 1. The Balaban J connectivity index is 2.03. The largest absolute Gasteiger partial charge is 0.322 e. The Bertz CT molecular complexity index is 772. The number of rotatable bonds is 2. The molecule has 0 aliphatic heterocycles. The second-order valence-electron chi connectivity index (χ2n) is 4.33. The minimum absolute atomic E-state index is 0.143. The number of hydrogen-bond donors (Lipinski definition) is 1. The molecule has 0 unspecified atom stereocenters. The van der Waals surface area contributed by atoms with Crippen LogP contribution in [0.5, 0.6) is 0 Å². The average Bonchev–Trinajstić information content (AvgIpc) is 2.47. The van der Waals surface area contributed by atoms with Gasteiger partial charge in [0.1, 0.15) is 4.60 Å². The molecule has 0 saturated heterocycles. The third-order valence-electron chi connectivity index (χ3n) is 2.96. The van der Waals surface area contributed by atoms with E-state index in [1.54, 1.807) is 6.07 Å². The average molecular weight is 327 g/mol. The Hall–Kier alpha value is -2.20. The fourth-order valence-corrected chi connectivity index (χ4v) is 2.47. The van der Waals surface area contributed by atoms with Gasteiger partial charge in [0.15, 0.2) is 0 Å². The van der Waals surface area contributed by atoms with E-state index in [-0.39, 0.29) is 5.91 Å². The molecule has 3 rings (SSSR count). The summed E-state index contributed by atoms with van der Waals surface area (Å²) in [5.41, 5.74) is 2.17. The predicted molar refractivity (Wildman–Crippen MR) is 83.8 cm³/mol.